The third kappa shape index (κ3) is 3.70. The Morgan fingerprint density at radius 1 is 1.56 bits per heavy atom. The molecular weight excluding hydrogens is 254 g/mol. The second kappa shape index (κ2) is 6.35. The van der Waals surface area contributed by atoms with Gasteiger partial charge in [-0.25, -0.2) is 9.78 Å². The molecule has 1 aromatic rings. The van der Waals surface area contributed by atoms with Crippen molar-refractivity contribution in [1.82, 2.24) is 4.98 Å². The maximum atomic E-state index is 11.2. The molecule has 0 bridgehead atoms. The number of amidine groups is 1. The molecule has 0 fully saturated rings. The van der Waals surface area contributed by atoms with Gasteiger partial charge in [0, 0.05) is 12.1 Å². The zero-order chi connectivity index (χ0) is 13.7. The lowest BCUT2D eigenvalue weighted by atomic mass is 10.1. The molecule has 0 saturated carbocycles. The Hall–Kier alpha value is -1.62. The van der Waals surface area contributed by atoms with Crippen molar-refractivity contribution in [1.29, 1.82) is 0 Å². The van der Waals surface area contributed by atoms with Gasteiger partial charge < -0.3 is 10.6 Å². The number of nitrogens with zero attached hydrogens (tertiary/aromatic N) is 2. The van der Waals surface area contributed by atoms with Gasteiger partial charge in [-0.2, -0.15) is 0 Å². The van der Waals surface area contributed by atoms with Crippen LogP contribution in [-0.4, -0.2) is 16.8 Å². The maximum absolute atomic E-state index is 11.2. The van der Waals surface area contributed by atoms with Crippen molar-refractivity contribution in [3.05, 3.63) is 28.0 Å². The lowest BCUT2D eigenvalue weighted by molar-refractivity contribution is -0.143. The summed E-state index contributed by atoms with van der Waals surface area (Å²) in [5, 5.41) is 3.83. The maximum Gasteiger partial charge on any atom is 0.335 e. The fraction of sp³-hybridized carbons (Fsp3) is 0.417. The molecule has 1 rings (SSSR count). The molecule has 1 heterocycles. The summed E-state index contributed by atoms with van der Waals surface area (Å²) < 4.78 is 0. The SMILES string of the molecule is CCCC(=O)O/N=C(/N)c1c(C)cc(C)nc1Cl. The molecular formula is C12H16ClN3O2. The van der Waals surface area contributed by atoms with Crippen LogP contribution in [0.1, 0.15) is 36.6 Å². The van der Waals surface area contributed by atoms with E-state index in [1.54, 1.807) is 0 Å². The first kappa shape index (κ1) is 14.4. The van der Waals surface area contributed by atoms with Crippen LogP contribution in [0.15, 0.2) is 11.2 Å². The molecule has 0 amide bonds. The average Bonchev–Trinajstić information content (AvgIpc) is 2.25. The van der Waals surface area contributed by atoms with Gasteiger partial charge in [-0.3, -0.25) is 0 Å². The largest absolute Gasteiger partial charge is 0.380 e. The van der Waals surface area contributed by atoms with Crippen molar-refractivity contribution >= 4 is 23.4 Å². The van der Waals surface area contributed by atoms with Crippen LogP contribution in [0.5, 0.6) is 0 Å². The minimum absolute atomic E-state index is 0.0504. The van der Waals surface area contributed by atoms with E-state index >= 15 is 0 Å². The van der Waals surface area contributed by atoms with Crippen LogP contribution in [0, 0.1) is 13.8 Å². The quantitative estimate of drug-likeness (QED) is 0.299. The Bertz CT molecular complexity index is 463. The zero-order valence-electron chi connectivity index (χ0n) is 10.7. The molecule has 0 atom stereocenters. The van der Waals surface area contributed by atoms with Gasteiger partial charge in [-0.05, 0) is 31.9 Å². The molecule has 0 aliphatic carbocycles. The van der Waals surface area contributed by atoms with Gasteiger partial charge in [0.2, 0.25) is 0 Å². The molecule has 0 radical (unpaired) electrons. The normalized spacial score (nSPS) is 11.4. The summed E-state index contributed by atoms with van der Waals surface area (Å²) in [4.78, 5) is 19.9. The number of carbonyl (C=O) groups excluding carboxylic acids is 1. The number of halogens is 1. The highest BCUT2D eigenvalue weighted by Crippen LogP contribution is 2.18. The Morgan fingerprint density at radius 2 is 2.22 bits per heavy atom. The van der Waals surface area contributed by atoms with E-state index in [1.165, 1.54) is 0 Å². The summed E-state index contributed by atoms with van der Waals surface area (Å²) in [6.07, 6.45) is 0.996. The van der Waals surface area contributed by atoms with Crippen molar-refractivity contribution in [2.24, 2.45) is 10.9 Å². The lowest BCUT2D eigenvalue weighted by Crippen LogP contribution is -2.18. The van der Waals surface area contributed by atoms with Crippen LogP contribution in [0.4, 0.5) is 0 Å². The fourth-order valence-corrected chi connectivity index (χ4v) is 1.87. The topological polar surface area (TPSA) is 77.6 Å². The lowest BCUT2D eigenvalue weighted by Gasteiger charge is -2.07. The second-order valence-electron chi connectivity index (χ2n) is 3.94. The van der Waals surface area contributed by atoms with E-state index in [1.807, 2.05) is 26.8 Å². The minimum Gasteiger partial charge on any atom is -0.380 e. The van der Waals surface area contributed by atoms with Crippen LogP contribution in [0.2, 0.25) is 5.15 Å². The Kier molecular flexibility index (Phi) is 5.09. The molecule has 0 aliphatic rings. The molecule has 98 valence electrons. The van der Waals surface area contributed by atoms with Crippen LogP contribution >= 0.6 is 11.6 Å². The zero-order valence-corrected chi connectivity index (χ0v) is 11.4. The van der Waals surface area contributed by atoms with Gasteiger partial charge in [0.15, 0.2) is 5.84 Å². The van der Waals surface area contributed by atoms with Crippen molar-refractivity contribution in [3.63, 3.8) is 0 Å². The summed E-state index contributed by atoms with van der Waals surface area (Å²) in [5.74, 6) is -0.372. The summed E-state index contributed by atoms with van der Waals surface area (Å²) in [6.45, 7) is 5.54. The van der Waals surface area contributed by atoms with Gasteiger partial charge >= 0.3 is 5.97 Å². The van der Waals surface area contributed by atoms with Crippen molar-refractivity contribution < 1.29 is 9.63 Å². The van der Waals surface area contributed by atoms with E-state index in [0.29, 0.717) is 18.4 Å². The van der Waals surface area contributed by atoms with Gasteiger partial charge in [0.05, 0.1) is 5.56 Å². The van der Waals surface area contributed by atoms with E-state index in [0.717, 1.165) is 11.3 Å². The first-order valence-corrected chi connectivity index (χ1v) is 6.01. The fourth-order valence-electron chi connectivity index (χ4n) is 1.49. The standard InChI is InChI=1S/C12H16ClN3O2/c1-4-5-9(17)18-16-12(14)10-7(2)6-8(3)15-11(10)13/h6H,4-5H2,1-3H3,(H2,14,16). The number of hydrogen-bond acceptors (Lipinski definition) is 4. The summed E-state index contributed by atoms with van der Waals surface area (Å²) >= 11 is 5.99. The molecule has 0 unspecified atom stereocenters. The van der Waals surface area contributed by atoms with Gasteiger partial charge in [-0.15, -0.1) is 0 Å². The number of rotatable bonds is 4. The highest BCUT2D eigenvalue weighted by molar-refractivity contribution is 6.33. The molecule has 0 aliphatic heterocycles. The highest BCUT2D eigenvalue weighted by Gasteiger charge is 2.12. The summed E-state index contributed by atoms with van der Waals surface area (Å²) in [7, 11) is 0. The van der Waals surface area contributed by atoms with Crippen molar-refractivity contribution in [3.8, 4) is 0 Å². The van der Waals surface area contributed by atoms with Crippen LogP contribution < -0.4 is 5.73 Å². The molecule has 6 heteroatoms. The van der Waals surface area contributed by atoms with Crippen molar-refractivity contribution in [2.45, 2.75) is 33.6 Å². The first-order chi connectivity index (χ1) is 8.45. The number of aromatic nitrogens is 1. The van der Waals surface area contributed by atoms with Crippen LogP contribution in [-0.2, 0) is 9.63 Å². The van der Waals surface area contributed by atoms with E-state index < -0.39 is 5.97 Å². The van der Waals surface area contributed by atoms with Gasteiger partial charge in [-0.1, -0.05) is 23.7 Å². The minimum atomic E-state index is -0.422. The third-order valence-corrected chi connectivity index (χ3v) is 2.53. The van der Waals surface area contributed by atoms with E-state index in [2.05, 4.69) is 15.0 Å². The number of pyridine rings is 1. The predicted molar refractivity (Wildman–Crippen MR) is 70.4 cm³/mol. The molecule has 5 nitrogen and oxygen atoms in total. The highest BCUT2D eigenvalue weighted by atomic mass is 35.5. The van der Waals surface area contributed by atoms with E-state index in [9.17, 15) is 4.79 Å². The van der Waals surface area contributed by atoms with Gasteiger partial charge in [0.25, 0.3) is 0 Å². The molecule has 0 spiro atoms. The van der Waals surface area contributed by atoms with Gasteiger partial charge in [0.1, 0.15) is 5.15 Å². The smallest absolute Gasteiger partial charge is 0.335 e. The number of carbonyl (C=O) groups is 1. The van der Waals surface area contributed by atoms with Crippen molar-refractivity contribution in [2.75, 3.05) is 0 Å². The van der Waals surface area contributed by atoms with E-state index in [4.69, 9.17) is 17.3 Å². The molecule has 2 N–H and O–H groups in total. The molecule has 18 heavy (non-hydrogen) atoms. The number of aryl methyl sites for hydroxylation is 2. The Labute approximate surface area is 111 Å². The Balaban J connectivity index is 2.93. The van der Waals surface area contributed by atoms with Crippen LogP contribution in [0.3, 0.4) is 0 Å². The number of oxime groups is 1. The molecule has 0 saturated heterocycles. The summed E-state index contributed by atoms with van der Waals surface area (Å²) in [6, 6.07) is 1.83. The number of hydrogen-bond donors (Lipinski definition) is 1. The molecule has 1 aromatic heterocycles. The predicted octanol–water partition coefficient (Wildman–Crippen LogP) is 2.32. The van der Waals surface area contributed by atoms with Crippen LogP contribution in [0.25, 0.3) is 0 Å². The average molecular weight is 270 g/mol. The monoisotopic (exact) mass is 269 g/mol. The Morgan fingerprint density at radius 3 is 2.78 bits per heavy atom. The second-order valence-corrected chi connectivity index (χ2v) is 4.29. The third-order valence-electron chi connectivity index (χ3n) is 2.26. The summed E-state index contributed by atoms with van der Waals surface area (Å²) in [5.41, 5.74) is 7.85. The molecule has 0 aromatic carbocycles. The van der Waals surface area contributed by atoms with E-state index in [-0.39, 0.29) is 11.0 Å². The number of nitrogens with two attached hydrogens (primary N) is 1. The first-order valence-electron chi connectivity index (χ1n) is 5.63.